The van der Waals surface area contributed by atoms with Crippen LogP contribution < -0.4 is 4.74 Å². The van der Waals surface area contributed by atoms with E-state index in [-0.39, 0.29) is 0 Å². The number of methoxy groups -OCH3 is 1. The van der Waals surface area contributed by atoms with Crippen LogP contribution in [0.1, 0.15) is 11.3 Å². The Bertz CT molecular complexity index is 719. The number of phenols is 1. The van der Waals surface area contributed by atoms with Crippen molar-refractivity contribution in [1.29, 1.82) is 0 Å². The normalized spacial score (nSPS) is 10.8. The summed E-state index contributed by atoms with van der Waals surface area (Å²) in [6.45, 7) is 0. The molecule has 2 aromatic heterocycles. The number of aromatic hydroxyl groups is 1. The average molecular weight is 254 g/mol. The first-order valence-electron chi connectivity index (χ1n) is 6.05. The predicted molar refractivity (Wildman–Crippen MR) is 72.7 cm³/mol. The smallest absolute Gasteiger partial charge is 0.179 e. The molecule has 0 atom stereocenters. The first-order valence-corrected chi connectivity index (χ1v) is 6.05. The Morgan fingerprint density at radius 3 is 2.84 bits per heavy atom. The Hall–Kier alpha value is -2.49. The summed E-state index contributed by atoms with van der Waals surface area (Å²) in [5.41, 5.74) is 2.55. The Balaban J connectivity index is 2.00. The molecule has 0 aliphatic heterocycles. The molecular formula is C15H14N2O2. The summed E-state index contributed by atoms with van der Waals surface area (Å²) >= 11 is 0. The highest BCUT2D eigenvalue weighted by atomic mass is 16.5. The number of imidazole rings is 1. The van der Waals surface area contributed by atoms with Gasteiger partial charge in [-0.1, -0.05) is 18.2 Å². The van der Waals surface area contributed by atoms with Gasteiger partial charge in [0.25, 0.3) is 0 Å². The second kappa shape index (κ2) is 4.65. The number of pyridine rings is 1. The Kier molecular flexibility index (Phi) is 2.83. The zero-order valence-electron chi connectivity index (χ0n) is 10.6. The van der Waals surface area contributed by atoms with E-state index in [0.29, 0.717) is 12.2 Å². The molecule has 19 heavy (non-hydrogen) atoms. The third-order valence-electron chi connectivity index (χ3n) is 3.08. The summed E-state index contributed by atoms with van der Waals surface area (Å²) in [6.07, 6.45) is 4.47. The number of hydrogen-bond donors (Lipinski definition) is 1. The zero-order chi connectivity index (χ0) is 13.2. The molecule has 0 unspecified atom stereocenters. The Labute approximate surface area is 110 Å². The lowest BCUT2D eigenvalue weighted by atomic mass is 10.1. The standard InChI is InChI=1S/C15H14N2O2/c1-19-14-7-4-8-17-10-12(16-15(14)17)9-11-5-2-3-6-13(11)18/h2-8,10,18H,9H2,1H3. The number of ether oxygens (including phenoxy) is 1. The molecule has 0 fully saturated rings. The van der Waals surface area contributed by atoms with Gasteiger partial charge in [-0.3, -0.25) is 0 Å². The zero-order valence-corrected chi connectivity index (χ0v) is 10.6. The van der Waals surface area contributed by atoms with E-state index in [9.17, 15) is 5.11 Å². The summed E-state index contributed by atoms with van der Waals surface area (Å²) < 4.78 is 7.21. The quantitative estimate of drug-likeness (QED) is 0.781. The van der Waals surface area contributed by atoms with Crippen LogP contribution in [0.4, 0.5) is 0 Å². The molecule has 0 saturated carbocycles. The lowest BCUT2D eigenvalue weighted by Crippen LogP contribution is -1.89. The molecule has 4 nitrogen and oxygen atoms in total. The van der Waals surface area contributed by atoms with E-state index < -0.39 is 0 Å². The van der Waals surface area contributed by atoms with Crippen LogP contribution in [0.3, 0.4) is 0 Å². The molecule has 1 N–H and O–H groups in total. The summed E-state index contributed by atoms with van der Waals surface area (Å²) in [4.78, 5) is 4.55. The molecule has 3 rings (SSSR count). The number of aromatic nitrogens is 2. The molecule has 4 heteroatoms. The topological polar surface area (TPSA) is 46.8 Å². The van der Waals surface area contributed by atoms with E-state index in [0.717, 1.165) is 22.7 Å². The highest BCUT2D eigenvalue weighted by molar-refractivity contribution is 5.54. The number of nitrogens with zero attached hydrogens (tertiary/aromatic N) is 2. The van der Waals surface area contributed by atoms with Crippen molar-refractivity contribution < 1.29 is 9.84 Å². The molecule has 2 heterocycles. The molecule has 0 bridgehead atoms. The van der Waals surface area contributed by atoms with Crippen LogP contribution >= 0.6 is 0 Å². The third kappa shape index (κ3) is 2.12. The average Bonchev–Trinajstić information content (AvgIpc) is 2.83. The summed E-state index contributed by atoms with van der Waals surface area (Å²) in [5, 5.41) is 9.79. The van der Waals surface area contributed by atoms with Crippen LogP contribution in [-0.4, -0.2) is 21.6 Å². The van der Waals surface area contributed by atoms with Gasteiger partial charge in [-0.2, -0.15) is 0 Å². The van der Waals surface area contributed by atoms with Crippen molar-refractivity contribution in [2.24, 2.45) is 0 Å². The number of phenolic OH excluding ortho intramolecular Hbond substituents is 1. The molecule has 0 aliphatic rings. The molecule has 96 valence electrons. The predicted octanol–water partition coefficient (Wildman–Crippen LogP) is 2.64. The summed E-state index contributed by atoms with van der Waals surface area (Å²) in [5.74, 6) is 1.04. The van der Waals surface area contributed by atoms with E-state index in [1.807, 2.05) is 47.1 Å². The largest absolute Gasteiger partial charge is 0.508 e. The number of rotatable bonds is 3. The number of benzene rings is 1. The van der Waals surface area contributed by atoms with E-state index in [1.54, 1.807) is 13.2 Å². The SMILES string of the molecule is COc1cccn2cc(Cc3ccccc3O)nc12. The number of fused-ring (bicyclic) bond motifs is 1. The maximum atomic E-state index is 9.79. The van der Waals surface area contributed by atoms with E-state index in [2.05, 4.69) is 4.98 Å². The second-order valence-electron chi connectivity index (χ2n) is 4.35. The van der Waals surface area contributed by atoms with Crippen molar-refractivity contribution in [3.8, 4) is 11.5 Å². The third-order valence-corrected chi connectivity index (χ3v) is 3.08. The van der Waals surface area contributed by atoms with E-state index in [4.69, 9.17) is 4.74 Å². The fraction of sp³-hybridized carbons (Fsp3) is 0.133. The monoisotopic (exact) mass is 254 g/mol. The van der Waals surface area contributed by atoms with Crippen LogP contribution in [0.15, 0.2) is 48.8 Å². The molecular weight excluding hydrogens is 240 g/mol. The van der Waals surface area contributed by atoms with Gasteiger partial charge in [0.1, 0.15) is 5.75 Å². The van der Waals surface area contributed by atoms with Gasteiger partial charge in [-0.15, -0.1) is 0 Å². The minimum absolute atomic E-state index is 0.298. The molecule has 0 amide bonds. The van der Waals surface area contributed by atoms with Crippen molar-refractivity contribution in [1.82, 2.24) is 9.38 Å². The van der Waals surface area contributed by atoms with Crippen molar-refractivity contribution in [3.63, 3.8) is 0 Å². The van der Waals surface area contributed by atoms with E-state index in [1.165, 1.54) is 0 Å². The number of para-hydroxylation sites is 1. The first kappa shape index (κ1) is 11.6. The fourth-order valence-corrected chi connectivity index (χ4v) is 2.14. The maximum Gasteiger partial charge on any atom is 0.179 e. The lowest BCUT2D eigenvalue weighted by molar-refractivity contribution is 0.417. The van der Waals surface area contributed by atoms with Crippen molar-refractivity contribution in [2.45, 2.75) is 6.42 Å². The van der Waals surface area contributed by atoms with Crippen LogP contribution in [0, 0.1) is 0 Å². The molecule has 3 aromatic rings. The van der Waals surface area contributed by atoms with Gasteiger partial charge < -0.3 is 14.2 Å². The van der Waals surface area contributed by atoms with Gasteiger partial charge in [0.15, 0.2) is 11.4 Å². The molecule has 0 radical (unpaired) electrons. The van der Waals surface area contributed by atoms with Crippen LogP contribution in [-0.2, 0) is 6.42 Å². The maximum absolute atomic E-state index is 9.79. The molecule has 0 spiro atoms. The molecule has 1 aromatic carbocycles. The number of hydrogen-bond acceptors (Lipinski definition) is 3. The minimum Gasteiger partial charge on any atom is -0.508 e. The first-order chi connectivity index (χ1) is 9.28. The van der Waals surface area contributed by atoms with Gasteiger partial charge in [-0.05, 0) is 23.8 Å². The van der Waals surface area contributed by atoms with Crippen LogP contribution in [0.25, 0.3) is 5.65 Å². The van der Waals surface area contributed by atoms with Gasteiger partial charge >= 0.3 is 0 Å². The molecule has 0 saturated heterocycles. The van der Waals surface area contributed by atoms with Gasteiger partial charge in [0, 0.05) is 18.8 Å². The molecule has 0 aliphatic carbocycles. The van der Waals surface area contributed by atoms with Gasteiger partial charge in [0.2, 0.25) is 0 Å². The van der Waals surface area contributed by atoms with Crippen molar-refractivity contribution in [2.75, 3.05) is 7.11 Å². The van der Waals surface area contributed by atoms with E-state index >= 15 is 0 Å². The second-order valence-corrected chi connectivity index (χ2v) is 4.35. The van der Waals surface area contributed by atoms with Gasteiger partial charge in [-0.25, -0.2) is 4.98 Å². The van der Waals surface area contributed by atoms with Crippen molar-refractivity contribution in [3.05, 3.63) is 60.0 Å². The van der Waals surface area contributed by atoms with Crippen LogP contribution in [0.5, 0.6) is 11.5 Å². The summed E-state index contributed by atoms with van der Waals surface area (Å²) in [6, 6.07) is 11.1. The van der Waals surface area contributed by atoms with Crippen LogP contribution in [0.2, 0.25) is 0 Å². The van der Waals surface area contributed by atoms with Crippen molar-refractivity contribution >= 4 is 5.65 Å². The lowest BCUT2D eigenvalue weighted by Gasteiger charge is -2.00. The highest BCUT2D eigenvalue weighted by Gasteiger charge is 2.08. The Morgan fingerprint density at radius 2 is 2.05 bits per heavy atom. The minimum atomic E-state index is 0.298. The fourth-order valence-electron chi connectivity index (χ4n) is 2.14. The highest BCUT2D eigenvalue weighted by Crippen LogP contribution is 2.22. The summed E-state index contributed by atoms with van der Waals surface area (Å²) in [7, 11) is 1.63. The van der Waals surface area contributed by atoms with Gasteiger partial charge in [0.05, 0.1) is 12.8 Å². The Morgan fingerprint density at radius 1 is 1.21 bits per heavy atom.